The second-order valence-electron chi connectivity index (χ2n) is 5.65. The number of benzene rings is 1. The summed E-state index contributed by atoms with van der Waals surface area (Å²) in [7, 11) is 0. The van der Waals surface area contributed by atoms with Crippen LogP contribution in [-0.4, -0.2) is 36.7 Å². The van der Waals surface area contributed by atoms with Crippen molar-refractivity contribution in [3.63, 3.8) is 0 Å². The van der Waals surface area contributed by atoms with Gasteiger partial charge in [0.1, 0.15) is 11.3 Å². The van der Waals surface area contributed by atoms with E-state index >= 15 is 0 Å². The minimum Gasteiger partial charge on any atom is -0.459 e. The van der Waals surface area contributed by atoms with Crippen LogP contribution in [0.15, 0.2) is 34.7 Å². The van der Waals surface area contributed by atoms with Crippen LogP contribution in [-0.2, 0) is 4.74 Å². The molecule has 0 saturated carbocycles. The fraction of sp³-hybridized carbons (Fsp3) is 0.500. The van der Waals surface area contributed by atoms with Crippen molar-refractivity contribution in [1.29, 1.82) is 0 Å². The van der Waals surface area contributed by atoms with E-state index in [0.29, 0.717) is 6.54 Å². The Balaban J connectivity index is 1.88. The molecule has 0 amide bonds. The molecule has 2 aromatic rings. The summed E-state index contributed by atoms with van der Waals surface area (Å²) >= 11 is 0. The van der Waals surface area contributed by atoms with Crippen LogP contribution in [0.3, 0.4) is 0 Å². The van der Waals surface area contributed by atoms with Gasteiger partial charge in [-0.3, -0.25) is 4.90 Å². The zero-order chi connectivity index (χ0) is 14.1. The number of nitrogens with two attached hydrogens (primary N) is 1. The Hall–Kier alpha value is -1.36. The van der Waals surface area contributed by atoms with Crippen molar-refractivity contribution >= 4 is 11.0 Å². The van der Waals surface area contributed by atoms with Crippen molar-refractivity contribution < 1.29 is 9.15 Å². The second kappa shape index (κ2) is 5.56. The predicted molar refractivity (Wildman–Crippen MR) is 79.6 cm³/mol. The van der Waals surface area contributed by atoms with Gasteiger partial charge in [0.15, 0.2) is 0 Å². The van der Waals surface area contributed by atoms with E-state index in [1.165, 1.54) is 0 Å². The van der Waals surface area contributed by atoms with Crippen LogP contribution in [0, 0.1) is 0 Å². The molecule has 1 aliphatic heterocycles. The lowest BCUT2D eigenvalue weighted by Gasteiger charge is -2.39. The Labute approximate surface area is 119 Å². The highest BCUT2D eigenvalue weighted by molar-refractivity contribution is 5.77. The van der Waals surface area contributed by atoms with E-state index in [0.717, 1.165) is 29.8 Å². The number of fused-ring (bicyclic) bond motifs is 1. The van der Waals surface area contributed by atoms with Gasteiger partial charge < -0.3 is 14.9 Å². The maximum absolute atomic E-state index is 6.01. The van der Waals surface area contributed by atoms with Crippen LogP contribution >= 0.6 is 0 Å². The Bertz CT molecular complexity index is 538. The molecule has 1 saturated heterocycles. The smallest absolute Gasteiger partial charge is 0.134 e. The lowest BCUT2D eigenvalue weighted by molar-refractivity contribution is -0.0818. The van der Waals surface area contributed by atoms with Crippen LogP contribution in [0.25, 0.3) is 11.0 Å². The molecule has 20 heavy (non-hydrogen) atoms. The van der Waals surface area contributed by atoms with E-state index in [-0.39, 0.29) is 18.2 Å². The molecule has 1 unspecified atom stereocenters. The molecule has 3 rings (SSSR count). The van der Waals surface area contributed by atoms with E-state index in [1.807, 2.05) is 18.2 Å². The Morgan fingerprint density at radius 3 is 2.60 bits per heavy atom. The molecule has 4 heteroatoms. The molecule has 0 bridgehead atoms. The highest BCUT2D eigenvalue weighted by Crippen LogP contribution is 2.29. The van der Waals surface area contributed by atoms with E-state index in [4.69, 9.17) is 14.9 Å². The third kappa shape index (κ3) is 2.59. The van der Waals surface area contributed by atoms with Crippen LogP contribution < -0.4 is 5.73 Å². The summed E-state index contributed by atoms with van der Waals surface area (Å²) in [5, 5.41) is 1.13. The van der Waals surface area contributed by atoms with Crippen LogP contribution in [0.4, 0.5) is 0 Å². The molecule has 1 fully saturated rings. The lowest BCUT2D eigenvalue weighted by atomic mass is 10.1. The zero-order valence-corrected chi connectivity index (χ0v) is 12.1. The molecule has 0 spiro atoms. The second-order valence-corrected chi connectivity index (χ2v) is 5.65. The molecule has 108 valence electrons. The fourth-order valence-electron chi connectivity index (χ4n) is 3.08. The van der Waals surface area contributed by atoms with Crippen molar-refractivity contribution in [3.05, 3.63) is 36.1 Å². The maximum atomic E-state index is 6.01. The first-order chi connectivity index (χ1) is 9.67. The first kappa shape index (κ1) is 13.6. The quantitative estimate of drug-likeness (QED) is 0.934. The molecule has 0 radical (unpaired) electrons. The van der Waals surface area contributed by atoms with Crippen molar-refractivity contribution in [2.45, 2.75) is 32.1 Å². The van der Waals surface area contributed by atoms with Crippen molar-refractivity contribution in [2.24, 2.45) is 5.73 Å². The summed E-state index contributed by atoms with van der Waals surface area (Å²) in [6, 6.07) is 10.3. The molecule has 4 nitrogen and oxygen atoms in total. The summed E-state index contributed by atoms with van der Waals surface area (Å²) in [6.45, 7) is 6.55. The SMILES string of the molecule is C[C@@H]1CN(C(CN)c2cc3ccccc3o2)C[C@H](C)O1. The van der Waals surface area contributed by atoms with Gasteiger partial charge in [-0.25, -0.2) is 0 Å². The topological polar surface area (TPSA) is 51.6 Å². The molecule has 1 aromatic carbocycles. The van der Waals surface area contributed by atoms with E-state index in [2.05, 4.69) is 30.9 Å². The molecule has 2 heterocycles. The Morgan fingerprint density at radius 2 is 1.95 bits per heavy atom. The highest BCUT2D eigenvalue weighted by atomic mass is 16.5. The first-order valence-corrected chi connectivity index (χ1v) is 7.25. The van der Waals surface area contributed by atoms with Gasteiger partial charge in [-0.2, -0.15) is 0 Å². The van der Waals surface area contributed by atoms with E-state index < -0.39 is 0 Å². The molecular formula is C16H22N2O2. The monoisotopic (exact) mass is 274 g/mol. The average Bonchev–Trinajstić information content (AvgIpc) is 2.81. The van der Waals surface area contributed by atoms with Gasteiger partial charge in [-0.1, -0.05) is 18.2 Å². The summed E-state index contributed by atoms with van der Waals surface area (Å²) in [6.07, 6.45) is 0.467. The van der Waals surface area contributed by atoms with Crippen molar-refractivity contribution in [3.8, 4) is 0 Å². The fourth-order valence-corrected chi connectivity index (χ4v) is 3.08. The maximum Gasteiger partial charge on any atom is 0.134 e. The minimum absolute atomic E-state index is 0.121. The molecular weight excluding hydrogens is 252 g/mol. The number of hydrogen-bond acceptors (Lipinski definition) is 4. The van der Waals surface area contributed by atoms with Gasteiger partial charge in [-0.15, -0.1) is 0 Å². The van der Waals surface area contributed by atoms with Crippen molar-refractivity contribution in [2.75, 3.05) is 19.6 Å². The van der Waals surface area contributed by atoms with E-state index in [1.54, 1.807) is 0 Å². The Morgan fingerprint density at radius 1 is 1.25 bits per heavy atom. The van der Waals surface area contributed by atoms with Gasteiger partial charge in [0.25, 0.3) is 0 Å². The largest absolute Gasteiger partial charge is 0.459 e. The average molecular weight is 274 g/mol. The van der Waals surface area contributed by atoms with Crippen molar-refractivity contribution in [1.82, 2.24) is 4.90 Å². The number of morpholine rings is 1. The summed E-state index contributed by atoms with van der Waals surface area (Å²) in [4.78, 5) is 2.37. The third-order valence-electron chi connectivity index (χ3n) is 3.88. The van der Waals surface area contributed by atoms with Gasteiger partial charge in [0.05, 0.1) is 18.2 Å². The number of ether oxygens (including phenoxy) is 1. The molecule has 0 aliphatic carbocycles. The number of rotatable bonds is 3. The van der Waals surface area contributed by atoms with Gasteiger partial charge in [-0.05, 0) is 26.0 Å². The summed E-state index contributed by atoms with van der Waals surface area (Å²) in [5.74, 6) is 0.954. The number of nitrogens with zero attached hydrogens (tertiary/aromatic N) is 1. The minimum atomic E-state index is 0.121. The van der Waals surface area contributed by atoms with Crippen LogP contribution in [0.1, 0.15) is 25.6 Å². The molecule has 1 aromatic heterocycles. The number of furan rings is 1. The first-order valence-electron chi connectivity index (χ1n) is 7.25. The summed E-state index contributed by atoms with van der Waals surface area (Å²) < 4.78 is 11.8. The van der Waals surface area contributed by atoms with E-state index in [9.17, 15) is 0 Å². The highest BCUT2D eigenvalue weighted by Gasteiger charge is 2.29. The predicted octanol–water partition coefficient (Wildman–Crippen LogP) is 2.54. The third-order valence-corrected chi connectivity index (χ3v) is 3.88. The number of hydrogen-bond donors (Lipinski definition) is 1. The van der Waals surface area contributed by atoms with Gasteiger partial charge in [0.2, 0.25) is 0 Å². The molecule has 3 atom stereocenters. The van der Waals surface area contributed by atoms with Crippen LogP contribution in [0.2, 0.25) is 0 Å². The van der Waals surface area contributed by atoms with Crippen LogP contribution in [0.5, 0.6) is 0 Å². The normalized spacial score (nSPS) is 25.9. The standard InChI is InChI=1S/C16H22N2O2/c1-11-9-18(10-12(2)19-11)14(8-17)16-7-13-5-3-4-6-15(13)20-16/h3-7,11-12,14H,8-10,17H2,1-2H3/t11-,12+,14?. The van der Waals surface area contributed by atoms with Gasteiger partial charge in [0, 0.05) is 25.0 Å². The summed E-state index contributed by atoms with van der Waals surface area (Å²) in [5.41, 5.74) is 6.93. The number of para-hydroxylation sites is 1. The molecule has 1 aliphatic rings. The zero-order valence-electron chi connectivity index (χ0n) is 12.1. The lowest BCUT2D eigenvalue weighted by Crippen LogP contribution is -2.48. The molecule has 2 N–H and O–H groups in total. The van der Waals surface area contributed by atoms with Gasteiger partial charge >= 0.3 is 0 Å². The Kier molecular flexibility index (Phi) is 3.78.